The summed E-state index contributed by atoms with van der Waals surface area (Å²) in [4.78, 5) is 19.1. The van der Waals surface area contributed by atoms with Crippen molar-refractivity contribution in [1.82, 2.24) is 9.88 Å². The Bertz CT molecular complexity index is 775. The number of nitrogens with zero attached hydrogens (tertiary/aromatic N) is 2. The molecule has 0 radical (unpaired) electrons. The van der Waals surface area contributed by atoms with Gasteiger partial charge in [0, 0.05) is 11.9 Å². The maximum atomic E-state index is 13.6. The lowest BCUT2D eigenvalue weighted by Gasteiger charge is -2.29. The third kappa shape index (κ3) is 4.70. The van der Waals surface area contributed by atoms with Crippen LogP contribution >= 0.6 is 34.5 Å². The molecule has 4 nitrogen and oxygen atoms in total. The van der Waals surface area contributed by atoms with Gasteiger partial charge in [-0.1, -0.05) is 30.1 Å². The second-order valence-electron chi connectivity index (χ2n) is 6.30. The summed E-state index contributed by atoms with van der Waals surface area (Å²) in [7, 11) is 0. The first-order valence-electron chi connectivity index (χ1n) is 8.05. The minimum atomic E-state index is -0.685. The largest absolute Gasteiger partial charge is 0.298 e. The van der Waals surface area contributed by atoms with Crippen LogP contribution in [0.3, 0.4) is 0 Å². The zero-order chi connectivity index (χ0) is 18.0. The highest BCUT2D eigenvalue weighted by Crippen LogP contribution is 2.26. The maximum Gasteiger partial charge on any atom is 0.259 e. The molecule has 1 saturated heterocycles. The third-order valence-electron chi connectivity index (χ3n) is 4.29. The Hall–Kier alpha value is -1.21. The molecule has 1 aliphatic rings. The van der Waals surface area contributed by atoms with Gasteiger partial charge in [0.05, 0.1) is 21.3 Å². The van der Waals surface area contributed by atoms with Crippen LogP contribution in [-0.4, -0.2) is 28.9 Å². The predicted molar refractivity (Wildman–Crippen MR) is 100 cm³/mol. The maximum absolute atomic E-state index is 13.6. The van der Waals surface area contributed by atoms with Gasteiger partial charge in [0.1, 0.15) is 5.82 Å². The van der Waals surface area contributed by atoms with Gasteiger partial charge < -0.3 is 0 Å². The van der Waals surface area contributed by atoms with E-state index in [2.05, 4.69) is 22.1 Å². The number of anilines is 1. The quantitative estimate of drug-likeness (QED) is 0.726. The van der Waals surface area contributed by atoms with Crippen LogP contribution in [0.15, 0.2) is 17.5 Å². The van der Waals surface area contributed by atoms with Gasteiger partial charge in [0.25, 0.3) is 5.91 Å². The first-order valence-corrected chi connectivity index (χ1v) is 9.68. The second kappa shape index (κ2) is 7.99. The first kappa shape index (κ1) is 18.6. The SMILES string of the molecule is CC1CCN(Cc2csc(NC(=O)c3cc(F)c(Cl)cc3Cl)n2)CC1. The molecule has 1 fully saturated rings. The zero-order valence-corrected chi connectivity index (χ0v) is 16.0. The van der Waals surface area contributed by atoms with E-state index in [0.29, 0.717) is 5.13 Å². The average molecular weight is 402 g/mol. The van der Waals surface area contributed by atoms with Crippen molar-refractivity contribution in [3.05, 3.63) is 44.6 Å². The number of carbonyl (C=O) groups is 1. The summed E-state index contributed by atoms with van der Waals surface area (Å²) >= 11 is 13.0. The second-order valence-corrected chi connectivity index (χ2v) is 7.98. The van der Waals surface area contributed by atoms with Crippen LogP contribution in [0, 0.1) is 11.7 Å². The molecule has 0 atom stereocenters. The fourth-order valence-corrected chi connectivity index (χ4v) is 3.91. The number of likely N-dealkylation sites (tertiary alicyclic amines) is 1. The van der Waals surface area contributed by atoms with Gasteiger partial charge in [-0.15, -0.1) is 11.3 Å². The Labute approximate surface area is 160 Å². The van der Waals surface area contributed by atoms with E-state index in [-0.39, 0.29) is 15.6 Å². The highest BCUT2D eigenvalue weighted by molar-refractivity contribution is 7.14. The number of amides is 1. The number of carbonyl (C=O) groups excluding carboxylic acids is 1. The highest BCUT2D eigenvalue weighted by Gasteiger charge is 2.18. The number of nitrogens with one attached hydrogen (secondary N) is 1. The molecule has 134 valence electrons. The summed E-state index contributed by atoms with van der Waals surface area (Å²) in [6.07, 6.45) is 2.41. The number of rotatable bonds is 4. The summed E-state index contributed by atoms with van der Waals surface area (Å²) in [5, 5.41) is 5.05. The molecule has 8 heteroatoms. The molecule has 1 N–H and O–H groups in total. The topological polar surface area (TPSA) is 45.2 Å². The molecular formula is C17H18Cl2FN3OS. The summed E-state index contributed by atoms with van der Waals surface area (Å²) in [6, 6.07) is 2.25. The normalized spacial score (nSPS) is 16.2. The van der Waals surface area contributed by atoms with Crippen LogP contribution in [0.4, 0.5) is 9.52 Å². The van der Waals surface area contributed by atoms with E-state index in [1.807, 2.05) is 5.38 Å². The van der Waals surface area contributed by atoms with Gasteiger partial charge in [0.2, 0.25) is 0 Å². The predicted octanol–water partition coefficient (Wildman–Crippen LogP) is 5.07. The molecule has 1 amide bonds. The van der Waals surface area contributed by atoms with Crippen LogP contribution in [0.2, 0.25) is 10.0 Å². The standard InChI is InChI=1S/C17H18Cl2FN3OS/c1-10-2-4-23(5-3-10)8-11-9-25-17(21-11)22-16(24)12-6-15(20)14(19)7-13(12)18/h6-7,9-10H,2-5,8H2,1H3,(H,21,22,24). The molecule has 0 saturated carbocycles. The Morgan fingerprint density at radius 3 is 2.80 bits per heavy atom. The number of benzene rings is 1. The first-order chi connectivity index (χ1) is 11.9. The summed E-state index contributed by atoms with van der Waals surface area (Å²) < 4.78 is 13.6. The number of thiazole rings is 1. The minimum Gasteiger partial charge on any atom is -0.298 e. The molecule has 0 bridgehead atoms. The molecule has 1 aromatic heterocycles. The average Bonchev–Trinajstić information content (AvgIpc) is 3.00. The molecule has 2 aromatic rings. The van der Waals surface area contributed by atoms with Crippen molar-refractivity contribution in [3.8, 4) is 0 Å². The van der Waals surface area contributed by atoms with Gasteiger partial charge in [0.15, 0.2) is 5.13 Å². The Morgan fingerprint density at radius 1 is 1.36 bits per heavy atom. The molecule has 0 aliphatic carbocycles. The molecular weight excluding hydrogens is 384 g/mol. The van der Waals surface area contributed by atoms with Crippen LogP contribution in [0.25, 0.3) is 0 Å². The van der Waals surface area contributed by atoms with Crippen LogP contribution in [0.1, 0.15) is 35.8 Å². The number of piperidine rings is 1. The lowest BCUT2D eigenvalue weighted by atomic mass is 9.99. The summed E-state index contributed by atoms with van der Waals surface area (Å²) in [5.74, 6) is -0.408. The minimum absolute atomic E-state index is 0.0327. The van der Waals surface area contributed by atoms with Crippen molar-refractivity contribution in [2.45, 2.75) is 26.3 Å². The molecule has 2 heterocycles. The number of hydrogen-bond donors (Lipinski definition) is 1. The van der Waals surface area contributed by atoms with E-state index in [1.165, 1.54) is 30.2 Å². The van der Waals surface area contributed by atoms with E-state index >= 15 is 0 Å². The molecule has 1 aromatic carbocycles. The number of hydrogen-bond acceptors (Lipinski definition) is 4. The Balaban J connectivity index is 1.63. The molecule has 25 heavy (non-hydrogen) atoms. The van der Waals surface area contributed by atoms with E-state index < -0.39 is 11.7 Å². The van der Waals surface area contributed by atoms with Crippen LogP contribution < -0.4 is 5.32 Å². The van der Waals surface area contributed by atoms with Gasteiger partial charge >= 0.3 is 0 Å². The van der Waals surface area contributed by atoms with Crippen molar-refractivity contribution in [1.29, 1.82) is 0 Å². The fraction of sp³-hybridized carbons (Fsp3) is 0.412. The third-order valence-corrected chi connectivity index (χ3v) is 5.70. The molecule has 0 unspecified atom stereocenters. The zero-order valence-electron chi connectivity index (χ0n) is 13.7. The lowest BCUT2D eigenvalue weighted by molar-refractivity contribution is 0.102. The van der Waals surface area contributed by atoms with Crippen LogP contribution in [-0.2, 0) is 6.54 Å². The van der Waals surface area contributed by atoms with Gasteiger partial charge in [-0.05, 0) is 44.0 Å². The van der Waals surface area contributed by atoms with E-state index in [0.717, 1.165) is 37.3 Å². The smallest absolute Gasteiger partial charge is 0.259 e. The van der Waals surface area contributed by atoms with E-state index in [9.17, 15) is 9.18 Å². The van der Waals surface area contributed by atoms with Gasteiger partial charge in [-0.2, -0.15) is 0 Å². The van der Waals surface area contributed by atoms with Crippen molar-refractivity contribution < 1.29 is 9.18 Å². The van der Waals surface area contributed by atoms with Gasteiger partial charge in [-0.25, -0.2) is 9.37 Å². The Morgan fingerprint density at radius 2 is 2.08 bits per heavy atom. The summed E-state index contributed by atoms with van der Waals surface area (Å²) in [6.45, 7) is 5.19. The van der Waals surface area contributed by atoms with Crippen molar-refractivity contribution in [2.24, 2.45) is 5.92 Å². The van der Waals surface area contributed by atoms with E-state index in [1.54, 1.807) is 0 Å². The molecule has 1 aliphatic heterocycles. The summed E-state index contributed by atoms with van der Waals surface area (Å²) in [5.41, 5.74) is 0.952. The molecule has 3 rings (SSSR count). The lowest BCUT2D eigenvalue weighted by Crippen LogP contribution is -2.32. The highest BCUT2D eigenvalue weighted by atomic mass is 35.5. The van der Waals surface area contributed by atoms with E-state index in [4.69, 9.17) is 23.2 Å². The number of halogens is 3. The monoisotopic (exact) mass is 401 g/mol. The van der Waals surface area contributed by atoms with Crippen molar-refractivity contribution in [2.75, 3.05) is 18.4 Å². The number of aromatic nitrogens is 1. The van der Waals surface area contributed by atoms with Crippen LogP contribution in [0.5, 0.6) is 0 Å². The Kier molecular flexibility index (Phi) is 5.94. The molecule has 0 spiro atoms. The van der Waals surface area contributed by atoms with Crippen molar-refractivity contribution in [3.63, 3.8) is 0 Å². The van der Waals surface area contributed by atoms with Gasteiger partial charge in [-0.3, -0.25) is 15.0 Å². The van der Waals surface area contributed by atoms with Crippen molar-refractivity contribution >= 4 is 45.6 Å². The fourth-order valence-electron chi connectivity index (χ4n) is 2.75.